The fraction of sp³-hybridized carbons (Fsp3) is 0.615. The maximum Gasteiger partial charge on any atom is 0.311 e. The Bertz CT molecular complexity index is 556. The molecule has 3 heterocycles. The van der Waals surface area contributed by atoms with Crippen LogP contribution in [0.25, 0.3) is 0 Å². The van der Waals surface area contributed by atoms with E-state index in [2.05, 4.69) is 5.10 Å². The molecular formula is C13H17N3O4. The number of nitrogens with zero attached hydrogens (tertiary/aromatic N) is 3. The van der Waals surface area contributed by atoms with E-state index in [9.17, 15) is 14.7 Å². The summed E-state index contributed by atoms with van der Waals surface area (Å²) in [5, 5.41) is 13.6. The van der Waals surface area contributed by atoms with Crippen molar-refractivity contribution in [2.24, 2.45) is 18.4 Å². The number of carbonyl (C=O) groups is 2. The highest BCUT2D eigenvalue weighted by Crippen LogP contribution is 2.42. The van der Waals surface area contributed by atoms with Crippen LogP contribution < -0.4 is 0 Å². The van der Waals surface area contributed by atoms with Gasteiger partial charge in [0.2, 0.25) is 0 Å². The Balaban J connectivity index is 1.86. The molecule has 0 unspecified atom stereocenters. The van der Waals surface area contributed by atoms with Crippen LogP contribution in [0.1, 0.15) is 16.9 Å². The number of aryl methyl sites for hydroxylation is 1. The summed E-state index contributed by atoms with van der Waals surface area (Å²) in [5.74, 6) is -1.13. The summed E-state index contributed by atoms with van der Waals surface area (Å²) < 4.78 is 6.89. The van der Waals surface area contributed by atoms with Crippen LogP contribution in [0.5, 0.6) is 0 Å². The van der Waals surface area contributed by atoms with E-state index in [0.717, 1.165) is 0 Å². The third-order valence-electron chi connectivity index (χ3n) is 4.46. The van der Waals surface area contributed by atoms with Crippen LogP contribution in [0.15, 0.2) is 12.3 Å². The van der Waals surface area contributed by atoms with Crippen molar-refractivity contribution in [3.63, 3.8) is 0 Å². The number of aromatic nitrogens is 2. The van der Waals surface area contributed by atoms with Gasteiger partial charge in [-0.1, -0.05) is 0 Å². The van der Waals surface area contributed by atoms with Gasteiger partial charge in [-0.2, -0.15) is 5.10 Å². The van der Waals surface area contributed by atoms with Crippen molar-refractivity contribution in [3.05, 3.63) is 18.0 Å². The fourth-order valence-electron chi connectivity index (χ4n) is 3.20. The maximum atomic E-state index is 12.5. The summed E-state index contributed by atoms with van der Waals surface area (Å²) in [6.45, 7) is 1.52. The van der Waals surface area contributed by atoms with Gasteiger partial charge in [0.1, 0.15) is 5.69 Å². The molecule has 1 amide bonds. The second kappa shape index (κ2) is 4.59. The van der Waals surface area contributed by atoms with Crippen molar-refractivity contribution in [2.75, 3.05) is 26.3 Å². The van der Waals surface area contributed by atoms with Crippen molar-refractivity contribution in [1.82, 2.24) is 14.7 Å². The Morgan fingerprint density at radius 1 is 1.55 bits per heavy atom. The first-order chi connectivity index (χ1) is 9.54. The van der Waals surface area contributed by atoms with Crippen LogP contribution in [0.3, 0.4) is 0 Å². The standard InChI is InChI=1S/C13H17N3O4/c1-15-10(2-4-14-15)11(17)16-6-9-7-20-5-3-13(9,8-16)12(18)19/h2,4,9H,3,5-8H2,1H3,(H,18,19)/t9-,13+/m0/s1. The Hall–Kier alpha value is -1.89. The average Bonchev–Trinajstić information content (AvgIpc) is 3.01. The highest BCUT2D eigenvalue weighted by atomic mass is 16.5. The highest BCUT2D eigenvalue weighted by molar-refractivity contribution is 5.93. The SMILES string of the molecule is Cn1nccc1C(=O)N1C[C@H]2COCC[C@@]2(C(=O)O)C1. The molecule has 1 N–H and O–H groups in total. The summed E-state index contributed by atoms with van der Waals surface area (Å²) in [4.78, 5) is 25.8. The number of ether oxygens (including phenoxy) is 1. The predicted octanol–water partition coefficient (Wildman–Crippen LogP) is -0.0166. The minimum absolute atomic E-state index is 0.133. The lowest BCUT2D eigenvalue weighted by Crippen LogP contribution is -2.45. The fourth-order valence-corrected chi connectivity index (χ4v) is 3.20. The lowest BCUT2D eigenvalue weighted by molar-refractivity contribution is -0.157. The van der Waals surface area contributed by atoms with E-state index in [1.807, 2.05) is 0 Å². The Kier molecular flexibility index (Phi) is 3.01. The quantitative estimate of drug-likeness (QED) is 0.822. The topological polar surface area (TPSA) is 84.7 Å². The third kappa shape index (κ3) is 1.81. The van der Waals surface area contributed by atoms with Crippen molar-refractivity contribution in [2.45, 2.75) is 6.42 Å². The van der Waals surface area contributed by atoms with Gasteiger partial charge in [-0.3, -0.25) is 14.3 Å². The van der Waals surface area contributed by atoms with E-state index in [1.54, 1.807) is 24.2 Å². The highest BCUT2D eigenvalue weighted by Gasteiger charge is 2.55. The molecule has 0 spiro atoms. The smallest absolute Gasteiger partial charge is 0.311 e. The van der Waals surface area contributed by atoms with Crippen LogP contribution in [0.2, 0.25) is 0 Å². The lowest BCUT2D eigenvalue weighted by atomic mass is 9.74. The molecule has 2 atom stereocenters. The van der Waals surface area contributed by atoms with Gasteiger partial charge in [-0.05, 0) is 12.5 Å². The molecule has 2 saturated heterocycles. The van der Waals surface area contributed by atoms with Gasteiger partial charge in [0.05, 0.1) is 12.0 Å². The normalized spacial score (nSPS) is 29.2. The zero-order valence-corrected chi connectivity index (χ0v) is 11.3. The van der Waals surface area contributed by atoms with Crippen LogP contribution in [0.4, 0.5) is 0 Å². The van der Waals surface area contributed by atoms with Crippen LogP contribution >= 0.6 is 0 Å². The lowest BCUT2D eigenvalue weighted by Gasteiger charge is -2.33. The second-order valence-corrected chi connectivity index (χ2v) is 5.51. The summed E-state index contributed by atoms with van der Waals surface area (Å²) in [5.41, 5.74) is -0.378. The monoisotopic (exact) mass is 279 g/mol. The summed E-state index contributed by atoms with van der Waals surface area (Å²) in [7, 11) is 1.70. The third-order valence-corrected chi connectivity index (χ3v) is 4.46. The number of carboxylic acids is 1. The van der Waals surface area contributed by atoms with Crippen molar-refractivity contribution < 1.29 is 19.4 Å². The zero-order valence-electron chi connectivity index (χ0n) is 11.3. The van der Waals surface area contributed by atoms with Crippen molar-refractivity contribution in [1.29, 1.82) is 0 Å². The molecule has 2 aliphatic rings. The molecule has 7 nitrogen and oxygen atoms in total. The first-order valence-electron chi connectivity index (χ1n) is 6.63. The zero-order chi connectivity index (χ0) is 14.3. The number of aliphatic carboxylic acids is 1. The van der Waals surface area contributed by atoms with Gasteiger partial charge in [0.15, 0.2) is 0 Å². The molecule has 0 saturated carbocycles. The van der Waals surface area contributed by atoms with Gasteiger partial charge >= 0.3 is 5.97 Å². The maximum absolute atomic E-state index is 12.5. The summed E-state index contributed by atoms with van der Waals surface area (Å²) in [6, 6.07) is 1.65. The number of hydrogen-bond acceptors (Lipinski definition) is 4. The van der Waals surface area contributed by atoms with Gasteiger partial charge in [-0.15, -0.1) is 0 Å². The molecular weight excluding hydrogens is 262 g/mol. The first-order valence-corrected chi connectivity index (χ1v) is 6.63. The van der Waals surface area contributed by atoms with Gasteiger partial charge in [-0.25, -0.2) is 0 Å². The van der Waals surface area contributed by atoms with Crippen LogP contribution in [0, 0.1) is 11.3 Å². The Labute approximate surface area is 116 Å². The van der Waals surface area contributed by atoms with E-state index in [1.165, 1.54) is 4.68 Å². The van der Waals surface area contributed by atoms with E-state index in [-0.39, 0.29) is 18.4 Å². The Morgan fingerprint density at radius 2 is 2.35 bits per heavy atom. The minimum Gasteiger partial charge on any atom is -0.481 e. The predicted molar refractivity (Wildman–Crippen MR) is 68.1 cm³/mol. The van der Waals surface area contributed by atoms with Crippen LogP contribution in [-0.2, 0) is 16.6 Å². The molecule has 2 fully saturated rings. The summed E-state index contributed by atoms with van der Waals surface area (Å²) in [6.07, 6.45) is 2.02. The minimum atomic E-state index is -0.855. The number of hydrogen-bond donors (Lipinski definition) is 1. The first kappa shape index (κ1) is 13.1. The molecule has 0 aliphatic carbocycles. The van der Waals surface area contributed by atoms with Gasteiger partial charge in [0, 0.05) is 38.9 Å². The molecule has 2 aliphatic heterocycles. The number of likely N-dealkylation sites (tertiary alicyclic amines) is 1. The molecule has 1 aromatic rings. The Morgan fingerprint density at radius 3 is 2.95 bits per heavy atom. The van der Waals surface area contributed by atoms with E-state index < -0.39 is 11.4 Å². The number of fused-ring (bicyclic) bond motifs is 1. The van der Waals surface area contributed by atoms with Crippen molar-refractivity contribution >= 4 is 11.9 Å². The molecule has 20 heavy (non-hydrogen) atoms. The molecule has 0 radical (unpaired) electrons. The second-order valence-electron chi connectivity index (χ2n) is 5.51. The number of carboxylic acid groups (broad SMARTS) is 1. The van der Waals surface area contributed by atoms with E-state index in [0.29, 0.717) is 31.9 Å². The number of rotatable bonds is 2. The molecule has 108 valence electrons. The van der Waals surface area contributed by atoms with Gasteiger partial charge < -0.3 is 14.7 Å². The molecule has 1 aromatic heterocycles. The molecule has 0 bridgehead atoms. The molecule has 0 aromatic carbocycles. The molecule has 3 rings (SSSR count). The average molecular weight is 279 g/mol. The van der Waals surface area contributed by atoms with E-state index >= 15 is 0 Å². The number of amides is 1. The largest absolute Gasteiger partial charge is 0.481 e. The van der Waals surface area contributed by atoms with Gasteiger partial charge in [0.25, 0.3) is 5.91 Å². The summed E-state index contributed by atoms with van der Waals surface area (Å²) >= 11 is 0. The van der Waals surface area contributed by atoms with Crippen LogP contribution in [-0.4, -0.2) is 58.0 Å². The number of carbonyl (C=O) groups excluding carboxylic acids is 1. The van der Waals surface area contributed by atoms with Crippen molar-refractivity contribution in [3.8, 4) is 0 Å². The molecule has 7 heteroatoms. The van der Waals surface area contributed by atoms with E-state index in [4.69, 9.17) is 4.74 Å².